The number of likely N-dealkylation sites (N-methyl/N-ethyl adjacent to an activating group) is 1. The summed E-state index contributed by atoms with van der Waals surface area (Å²) in [5.74, 6) is -0.523. The second kappa shape index (κ2) is 5.93. The predicted octanol–water partition coefficient (Wildman–Crippen LogP) is 2.71. The van der Waals surface area contributed by atoms with Crippen molar-refractivity contribution in [1.29, 1.82) is 5.41 Å². The van der Waals surface area contributed by atoms with Gasteiger partial charge in [0.25, 0.3) is 0 Å². The number of nitrogens with zero attached hydrogens (tertiary/aromatic N) is 1. The number of hydrogen-bond donors (Lipinski definition) is 2. The summed E-state index contributed by atoms with van der Waals surface area (Å²) >= 11 is 0. The average molecular weight is 303 g/mol. The number of nitrogens with one attached hydrogen (secondary N) is 1. The molecule has 0 amide bonds. The van der Waals surface area contributed by atoms with Gasteiger partial charge in [-0.25, -0.2) is 0 Å². The van der Waals surface area contributed by atoms with Crippen molar-refractivity contribution in [1.82, 2.24) is 4.90 Å². The summed E-state index contributed by atoms with van der Waals surface area (Å²) in [7, 11) is 3.73. The maximum Gasteiger partial charge on any atom is 0.417 e. The van der Waals surface area contributed by atoms with Gasteiger partial charge in [0.15, 0.2) is 0 Å². The van der Waals surface area contributed by atoms with Crippen LogP contribution in [0.4, 0.5) is 13.2 Å². The molecule has 0 saturated heterocycles. The van der Waals surface area contributed by atoms with Crippen LogP contribution in [0.3, 0.4) is 0 Å². The molecule has 0 spiro atoms. The first-order valence-corrected chi connectivity index (χ1v) is 6.31. The zero-order valence-electron chi connectivity index (χ0n) is 12.5. The highest BCUT2D eigenvalue weighted by Crippen LogP contribution is 2.34. The topological polar surface area (TPSA) is 62.3 Å². The van der Waals surface area contributed by atoms with Gasteiger partial charge in [-0.15, -0.1) is 0 Å². The normalized spacial score (nSPS) is 12.6. The van der Waals surface area contributed by atoms with E-state index in [1.54, 1.807) is 0 Å². The van der Waals surface area contributed by atoms with Crippen LogP contribution in [0.1, 0.15) is 25.0 Å². The van der Waals surface area contributed by atoms with Crippen molar-refractivity contribution in [2.45, 2.75) is 25.6 Å². The number of hydrogen-bond acceptors (Lipinski definition) is 3. The monoisotopic (exact) mass is 303 g/mol. The summed E-state index contributed by atoms with van der Waals surface area (Å²) < 4.78 is 44.4. The Morgan fingerprint density at radius 3 is 2.29 bits per heavy atom. The highest BCUT2D eigenvalue weighted by Gasteiger charge is 2.34. The van der Waals surface area contributed by atoms with Crippen LogP contribution in [-0.4, -0.2) is 37.0 Å². The number of rotatable bonds is 5. The van der Waals surface area contributed by atoms with Crippen LogP contribution >= 0.6 is 0 Å². The first-order chi connectivity index (χ1) is 9.45. The molecular formula is C14H20F3N3O. The van der Waals surface area contributed by atoms with Crippen LogP contribution in [0, 0.1) is 5.41 Å². The maximum atomic E-state index is 13.0. The number of amidine groups is 1. The Kier molecular flexibility index (Phi) is 4.88. The van der Waals surface area contributed by atoms with Gasteiger partial charge in [-0.2, -0.15) is 13.2 Å². The van der Waals surface area contributed by atoms with E-state index in [9.17, 15) is 13.2 Å². The Hall–Kier alpha value is -1.76. The van der Waals surface area contributed by atoms with Crippen LogP contribution in [0.25, 0.3) is 0 Å². The van der Waals surface area contributed by atoms with E-state index in [0.717, 1.165) is 12.1 Å². The van der Waals surface area contributed by atoms with Gasteiger partial charge in [0, 0.05) is 11.1 Å². The van der Waals surface area contributed by atoms with Gasteiger partial charge >= 0.3 is 6.18 Å². The third-order valence-electron chi connectivity index (χ3n) is 3.39. The Labute approximate surface area is 122 Å². The Bertz CT molecular complexity index is 525. The SMILES string of the molecule is CN(C)C(C)(C)COc1ccc(C(=N)N)c(C(F)(F)F)c1. The van der Waals surface area contributed by atoms with Gasteiger partial charge in [-0.3, -0.25) is 5.41 Å². The van der Waals surface area contributed by atoms with Crippen LogP contribution in [0.2, 0.25) is 0 Å². The number of alkyl halides is 3. The lowest BCUT2D eigenvalue weighted by Crippen LogP contribution is -2.43. The van der Waals surface area contributed by atoms with E-state index in [2.05, 4.69) is 0 Å². The van der Waals surface area contributed by atoms with E-state index in [0.29, 0.717) is 0 Å². The number of nitrogens with two attached hydrogens (primary N) is 1. The van der Waals surface area contributed by atoms with E-state index >= 15 is 0 Å². The molecule has 4 nitrogen and oxygen atoms in total. The fraction of sp³-hybridized carbons (Fsp3) is 0.500. The highest BCUT2D eigenvalue weighted by atomic mass is 19.4. The summed E-state index contributed by atoms with van der Waals surface area (Å²) in [6, 6.07) is 3.42. The summed E-state index contributed by atoms with van der Waals surface area (Å²) in [5, 5.41) is 7.21. The molecule has 1 aromatic carbocycles. The number of ether oxygens (including phenoxy) is 1. The number of benzene rings is 1. The minimum absolute atomic E-state index is 0.0993. The van der Waals surface area contributed by atoms with Crippen molar-refractivity contribution in [3.63, 3.8) is 0 Å². The zero-order chi connectivity index (χ0) is 16.4. The Morgan fingerprint density at radius 2 is 1.86 bits per heavy atom. The molecule has 0 unspecified atom stereocenters. The van der Waals surface area contributed by atoms with Crippen molar-refractivity contribution < 1.29 is 17.9 Å². The average Bonchev–Trinajstić information content (AvgIpc) is 2.34. The molecule has 7 heteroatoms. The molecule has 3 N–H and O–H groups in total. The lowest BCUT2D eigenvalue weighted by Gasteiger charge is -2.32. The van der Waals surface area contributed by atoms with Gasteiger partial charge in [0.05, 0.1) is 5.56 Å². The lowest BCUT2D eigenvalue weighted by molar-refractivity contribution is -0.137. The quantitative estimate of drug-likeness (QED) is 0.649. The molecule has 1 rings (SSSR count). The molecule has 0 radical (unpaired) electrons. The second-order valence-electron chi connectivity index (χ2n) is 5.61. The molecule has 0 heterocycles. The van der Waals surface area contributed by atoms with E-state index < -0.39 is 17.6 Å². The van der Waals surface area contributed by atoms with Gasteiger partial charge in [-0.05, 0) is 46.1 Å². The Balaban J connectivity index is 3.04. The molecular weight excluding hydrogens is 283 g/mol. The molecule has 0 aliphatic rings. The number of halogens is 3. The van der Waals surface area contributed by atoms with E-state index in [1.165, 1.54) is 6.07 Å². The molecule has 0 aromatic heterocycles. The minimum atomic E-state index is -4.59. The third kappa shape index (κ3) is 4.35. The Morgan fingerprint density at radius 1 is 1.29 bits per heavy atom. The maximum absolute atomic E-state index is 13.0. The molecule has 118 valence electrons. The summed E-state index contributed by atoms with van der Waals surface area (Å²) in [6.07, 6.45) is -4.59. The molecule has 0 aliphatic heterocycles. The van der Waals surface area contributed by atoms with Gasteiger partial charge in [0.1, 0.15) is 18.2 Å². The van der Waals surface area contributed by atoms with Crippen molar-refractivity contribution in [2.24, 2.45) is 5.73 Å². The first kappa shape index (κ1) is 17.3. The van der Waals surface area contributed by atoms with Crippen molar-refractivity contribution in [3.05, 3.63) is 29.3 Å². The van der Waals surface area contributed by atoms with Crippen molar-refractivity contribution in [3.8, 4) is 5.75 Å². The smallest absolute Gasteiger partial charge is 0.417 e. The first-order valence-electron chi connectivity index (χ1n) is 6.31. The standard InChI is InChI=1S/C14H20F3N3O/c1-13(2,20(3)4)8-21-9-5-6-10(12(18)19)11(7-9)14(15,16)17/h5-7H,8H2,1-4H3,(H3,18,19). The van der Waals surface area contributed by atoms with Crippen LogP contribution < -0.4 is 10.5 Å². The van der Waals surface area contributed by atoms with Gasteiger partial charge < -0.3 is 15.4 Å². The number of nitrogen functional groups attached to an aromatic ring is 1. The second-order valence-corrected chi connectivity index (χ2v) is 5.61. The fourth-order valence-electron chi connectivity index (χ4n) is 1.47. The zero-order valence-corrected chi connectivity index (χ0v) is 12.5. The van der Waals surface area contributed by atoms with Crippen LogP contribution in [0.15, 0.2) is 18.2 Å². The molecule has 0 bridgehead atoms. The van der Waals surface area contributed by atoms with Gasteiger partial charge in [-0.1, -0.05) is 0 Å². The third-order valence-corrected chi connectivity index (χ3v) is 3.39. The molecule has 21 heavy (non-hydrogen) atoms. The molecule has 0 atom stereocenters. The summed E-state index contributed by atoms with van der Waals surface area (Å²) in [4.78, 5) is 1.92. The lowest BCUT2D eigenvalue weighted by atomic mass is 10.0. The molecule has 0 saturated carbocycles. The van der Waals surface area contributed by atoms with Gasteiger partial charge in [0.2, 0.25) is 0 Å². The summed E-state index contributed by atoms with van der Waals surface area (Å²) in [6.45, 7) is 4.07. The minimum Gasteiger partial charge on any atom is -0.492 e. The molecule has 0 aliphatic carbocycles. The van der Waals surface area contributed by atoms with Crippen molar-refractivity contribution in [2.75, 3.05) is 20.7 Å². The van der Waals surface area contributed by atoms with E-state index in [-0.39, 0.29) is 23.5 Å². The highest BCUT2D eigenvalue weighted by molar-refractivity contribution is 5.96. The van der Waals surface area contributed by atoms with E-state index in [4.69, 9.17) is 15.9 Å². The van der Waals surface area contributed by atoms with Crippen molar-refractivity contribution >= 4 is 5.84 Å². The summed E-state index contributed by atoms with van der Waals surface area (Å²) in [5.41, 5.74) is 3.55. The van der Waals surface area contributed by atoms with Crippen LogP contribution in [-0.2, 0) is 6.18 Å². The largest absolute Gasteiger partial charge is 0.492 e. The van der Waals surface area contributed by atoms with Crippen LogP contribution in [0.5, 0.6) is 5.75 Å². The molecule has 0 fully saturated rings. The fourth-order valence-corrected chi connectivity index (χ4v) is 1.47. The predicted molar refractivity (Wildman–Crippen MR) is 75.7 cm³/mol. The molecule has 1 aromatic rings. The van der Waals surface area contributed by atoms with E-state index in [1.807, 2.05) is 32.8 Å².